The average Bonchev–Trinajstić information content (AvgIpc) is 2.65. The maximum absolute atomic E-state index is 11.6. The van der Waals surface area contributed by atoms with E-state index >= 15 is 0 Å². The van der Waals surface area contributed by atoms with Crippen LogP contribution in [0.2, 0.25) is 0 Å². The number of thiophene rings is 1. The number of hydrogen-bond acceptors (Lipinski definition) is 2. The van der Waals surface area contributed by atoms with Crippen molar-refractivity contribution in [2.45, 2.75) is 26.3 Å². The van der Waals surface area contributed by atoms with Crippen LogP contribution in [0, 0.1) is 6.92 Å². The summed E-state index contributed by atoms with van der Waals surface area (Å²) in [5.74, 6) is 0. The molecule has 1 fully saturated rings. The SMILES string of the molecule is Cc1ccc(C(C)N2CCCNC2=O)s1. The topological polar surface area (TPSA) is 32.3 Å². The summed E-state index contributed by atoms with van der Waals surface area (Å²) >= 11 is 1.77. The summed E-state index contributed by atoms with van der Waals surface area (Å²) in [7, 11) is 0. The molecule has 0 bridgehead atoms. The molecule has 1 unspecified atom stereocenters. The van der Waals surface area contributed by atoms with E-state index in [0.29, 0.717) is 0 Å². The molecule has 82 valence electrons. The van der Waals surface area contributed by atoms with Crippen molar-refractivity contribution < 1.29 is 4.79 Å². The Morgan fingerprint density at radius 3 is 2.93 bits per heavy atom. The predicted octanol–water partition coefficient (Wildman–Crippen LogP) is 2.53. The molecule has 1 aliphatic heterocycles. The minimum absolute atomic E-state index is 0.0693. The molecule has 3 nitrogen and oxygen atoms in total. The Morgan fingerprint density at radius 1 is 1.53 bits per heavy atom. The highest BCUT2D eigenvalue weighted by Gasteiger charge is 2.24. The Balaban J connectivity index is 2.12. The van der Waals surface area contributed by atoms with Crippen LogP contribution >= 0.6 is 11.3 Å². The summed E-state index contributed by atoms with van der Waals surface area (Å²) in [5.41, 5.74) is 0. The van der Waals surface area contributed by atoms with Crippen LogP contribution in [0.5, 0.6) is 0 Å². The molecule has 0 saturated carbocycles. The van der Waals surface area contributed by atoms with Crippen molar-refractivity contribution in [2.24, 2.45) is 0 Å². The van der Waals surface area contributed by atoms with E-state index in [1.807, 2.05) is 4.90 Å². The highest BCUT2D eigenvalue weighted by molar-refractivity contribution is 7.12. The van der Waals surface area contributed by atoms with Crippen molar-refractivity contribution in [2.75, 3.05) is 13.1 Å². The summed E-state index contributed by atoms with van der Waals surface area (Å²) in [5, 5.41) is 2.88. The number of nitrogens with one attached hydrogen (secondary N) is 1. The Bertz CT molecular complexity index is 361. The molecule has 1 N–H and O–H groups in total. The number of urea groups is 1. The summed E-state index contributed by atoms with van der Waals surface area (Å²) in [6.07, 6.45) is 1.04. The van der Waals surface area contributed by atoms with Gasteiger partial charge in [-0.05, 0) is 32.4 Å². The van der Waals surface area contributed by atoms with Gasteiger partial charge < -0.3 is 10.2 Å². The fourth-order valence-corrected chi connectivity index (χ4v) is 2.79. The number of nitrogens with zero attached hydrogens (tertiary/aromatic N) is 1. The van der Waals surface area contributed by atoms with Crippen LogP contribution in [0.1, 0.15) is 29.1 Å². The summed E-state index contributed by atoms with van der Waals surface area (Å²) < 4.78 is 0. The molecule has 2 heterocycles. The maximum Gasteiger partial charge on any atom is 0.317 e. The Labute approximate surface area is 94.1 Å². The van der Waals surface area contributed by atoms with E-state index < -0.39 is 0 Å². The van der Waals surface area contributed by atoms with Crippen LogP contribution in [0.25, 0.3) is 0 Å². The van der Waals surface area contributed by atoms with Crippen LogP contribution in [-0.4, -0.2) is 24.0 Å². The largest absolute Gasteiger partial charge is 0.338 e. The van der Waals surface area contributed by atoms with Gasteiger partial charge in [0.1, 0.15) is 0 Å². The minimum Gasteiger partial charge on any atom is -0.338 e. The summed E-state index contributed by atoms with van der Waals surface area (Å²) in [4.78, 5) is 16.1. The second kappa shape index (κ2) is 4.23. The third kappa shape index (κ3) is 2.15. The van der Waals surface area contributed by atoms with Gasteiger partial charge in [-0.1, -0.05) is 0 Å². The van der Waals surface area contributed by atoms with E-state index in [4.69, 9.17) is 0 Å². The lowest BCUT2D eigenvalue weighted by Gasteiger charge is -2.32. The molecule has 0 radical (unpaired) electrons. The average molecular weight is 224 g/mol. The molecule has 0 aliphatic carbocycles. The lowest BCUT2D eigenvalue weighted by molar-refractivity contribution is 0.167. The van der Waals surface area contributed by atoms with Gasteiger partial charge in [-0.25, -0.2) is 4.79 Å². The molecular weight excluding hydrogens is 208 g/mol. The van der Waals surface area contributed by atoms with Gasteiger partial charge in [0.05, 0.1) is 6.04 Å². The minimum atomic E-state index is 0.0693. The predicted molar refractivity (Wildman–Crippen MR) is 62.2 cm³/mol. The molecule has 1 saturated heterocycles. The van der Waals surface area contributed by atoms with E-state index in [1.54, 1.807) is 11.3 Å². The molecule has 2 rings (SSSR count). The van der Waals surface area contributed by atoms with E-state index in [1.165, 1.54) is 9.75 Å². The molecule has 4 heteroatoms. The van der Waals surface area contributed by atoms with Crippen LogP contribution < -0.4 is 5.32 Å². The number of carbonyl (C=O) groups is 1. The van der Waals surface area contributed by atoms with Crippen molar-refractivity contribution in [3.05, 3.63) is 21.9 Å². The van der Waals surface area contributed by atoms with Crippen LogP contribution in [0.15, 0.2) is 12.1 Å². The Morgan fingerprint density at radius 2 is 2.33 bits per heavy atom. The zero-order valence-electron chi connectivity index (χ0n) is 9.12. The van der Waals surface area contributed by atoms with Gasteiger partial charge in [-0.15, -0.1) is 11.3 Å². The van der Waals surface area contributed by atoms with Gasteiger partial charge in [0.15, 0.2) is 0 Å². The van der Waals surface area contributed by atoms with Crippen LogP contribution in [-0.2, 0) is 0 Å². The fourth-order valence-electron chi connectivity index (χ4n) is 1.85. The van der Waals surface area contributed by atoms with Crippen LogP contribution in [0.3, 0.4) is 0 Å². The Kier molecular flexibility index (Phi) is 2.95. The second-order valence-corrected chi connectivity index (χ2v) is 5.22. The molecule has 0 aromatic carbocycles. The van der Waals surface area contributed by atoms with E-state index in [0.717, 1.165) is 19.5 Å². The first-order chi connectivity index (χ1) is 7.18. The lowest BCUT2D eigenvalue weighted by Crippen LogP contribution is -2.47. The highest BCUT2D eigenvalue weighted by Crippen LogP contribution is 2.27. The molecule has 1 aliphatic rings. The maximum atomic E-state index is 11.6. The molecule has 1 atom stereocenters. The number of rotatable bonds is 2. The number of hydrogen-bond donors (Lipinski definition) is 1. The van der Waals surface area contributed by atoms with Crippen molar-refractivity contribution in [3.63, 3.8) is 0 Å². The van der Waals surface area contributed by atoms with Crippen molar-refractivity contribution >= 4 is 17.4 Å². The quantitative estimate of drug-likeness (QED) is 0.822. The molecular formula is C11H16N2OS. The monoisotopic (exact) mass is 224 g/mol. The van der Waals surface area contributed by atoms with Gasteiger partial charge in [0.2, 0.25) is 0 Å². The zero-order valence-corrected chi connectivity index (χ0v) is 9.93. The second-order valence-electron chi connectivity index (χ2n) is 3.90. The first-order valence-corrected chi connectivity index (χ1v) is 6.11. The van der Waals surface area contributed by atoms with Gasteiger partial charge in [0.25, 0.3) is 0 Å². The van der Waals surface area contributed by atoms with Crippen molar-refractivity contribution in [3.8, 4) is 0 Å². The highest BCUT2D eigenvalue weighted by atomic mass is 32.1. The number of carbonyl (C=O) groups excluding carboxylic acids is 1. The molecule has 2 amide bonds. The molecule has 1 aromatic rings. The number of aryl methyl sites for hydroxylation is 1. The first kappa shape index (κ1) is 10.5. The number of amides is 2. The normalized spacial score (nSPS) is 18.8. The van der Waals surface area contributed by atoms with Gasteiger partial charge >= 0.3 is 6.03 Å². The van der Waals surface area contributed by atoms with Gasteiger partial charge in [-0.2, -0.15) is 0 Å². The third-order valence-corrected chi connectivity index (χ3v) is 3.92. The van der Waals surface area contributed by atoms with E-state index in [2.05, 4.69) is 31.3 Å². The Hall–Kier alpha value is -1.03. The fraction of sp³-hybridized carbons (Fsp3) is 0.545. The van der Waals surface area contributed by atoms with Crippen LogP contribution in [0.4, 0.5) is 4.79 Å². The van der Waals surface area contributed by atoms with E-state index in [-0.39, 0.29) is 12.1 Å². The molecule has 0 spiro atoms. The summed E-state index contributed by atoms with van der Waals surface area (Å²) in [6, 6.07) is 4.49. The van der Waals surface area contributed by atoms with E-state index in [9.17, 15) is 4.79 Å². The molecule has 15 heavy (non-hydrogen) atoms. The zero-order chi connectivity index (χ0) is 10.8. The standard InChI is InChI=1S/C11H16N2OS/c1-8-4-5-10(15-8)9(2)13-7-3-6-12-11(13)14/h4-5,9H,3,6-7H2,1-2H3,(H,12,14). The summed E-state index contributed by atoms with van der Waals surface area (Å²) in [6.45, 7) is 5.86. The van der Waals surface area contributed by atoms with Crippen molar-refractivity contribution in [1.29, 1.82) is 0 Å². The first-order valence-electron chi connectivity index (χ1n) is 5.29. The van der Waals surface area contributed by atoms with Gasteiger partial charge in [-0.3, -0.25) is 0 Å². The molecule has 1 aromatic heterocycles. The third-order valence-electron chi connectivity index (χ3n) is 2.75. The lowest BCUT2D eigenvalue weighted by atomic mass is 10.2. The van der Waals surface area contributed by atoms with Gasteiger partial charge in [0, 0.05) is 22.8 Å². The smallest absolute Gasteiger partial charge is 0.317 e. The van der Waals surface area contributed by atoms with Crippen molar-refractivity contribution in [1.82, 2.24) is 10.2 Å².